The van der Waals surface area contributed by atoms with Gasteiger partial charge in [0, 0.05) is 0 Å². The summed E-state index contributed by atoms with van der Waals surface area (Å²) in [4.78, 5) is 0. The molecule has 0 aromatic heterocycles. The van der Waals surface area contributed by atoms with Gasteiger partial charge in [-0.25, -0.2) is 0 Å². The average molecular weight is 368 g/mol. The molecule has 0 aromatic rings. The van der Waals surface area contributed by atoms with Crippen molar-refractivity contribution in [2.45, 2.75) is 75.1 Å². The van der Waals surface area contributed by atoms with Crippen LogP contribution in [-0.2, 0) is 14.2 Å². The summed E-state index contributed by atoms with van der Waals surface area (Å²) in [6.07, 6.45) is -13.2. The van der Waals surface area contributed by atoms with Gasteiger partial charge < -0.3 is 50.0 Å². The summed E-state index contributed by atoms with van der Waals surface area (Å²) >= 11 is 0. The molecule has 2 aliphatic rings. The fourth-order valence-corrected chi connectivity index (χ4v) is 3.17. The minimum Gasteiger partial charge on any atom is -0.394 e. The highest BCUT2D eigenvalue weighted by atomic mass is 16.7. The SMILES string of the molecule is CC(C)[C@@H]1OC(CO)[C@@H](O[C@@H]2OC(CO)[C@@H](O)[C@@H](O)C2O)[C@@H](O)C1O. The molecule has 2 rings (SSSR count). The van der Waals surface area contributed by atoms with E-state index in [0.717, 1.165) is 0 Å². The minimum absolute atomic E-state index is 0.132. The molecule has 0 spiro atoms. The van der Waals surface area contributed by atoms with Crippen LogP contribution in [0.25, 0.3) is 0 Å². The standard InChI is InChI=1S/C15H28O10/c1-5(2)13-10(20)11(21)14(7(4-17)23-13)25-15-12(22)9(19)8(18)6(3-16)24-15/h5-22H,3-4H2,1-2H3/t6?,7?,8-,9-,10?,11+,12?,13+,14-,15+/m1/s1. The van der Waals surface area contributed by atoms with Gasteiger partial charge in [0.1, 0.15) is 48.8 Å². The van der Waals surface area contributed by atoms with E-state index in [1.165, 1.54) is 0 Å². The third kappa shape index (κ3) is 4.14. The molecule has 2 fully saturated rings. The fourth-order valence-electron chi connectivity index (χ4n) is 3.17. The fraction of sp³-hybridized carbons (Fsp3) is 1.00. The molecule has 25 heavy (non-hydrogen) atoms. The molecule has 0 saturated carbocycles. The van der Waals surface area contributed by atoms with Crippen LogP contribution in [0.3, 0.4) is 0 Å². The summed E-state index contributed by atoms with van der Waals surface area (Å²) in [5.41, 5.74) is 0. The van der Waals surface area contributed by atoms with E-state index >= 15 is 0 Å². The molecule has 10 nitrogen and oxygen atoms in total. The summed E-state index contributed by atoms with van der Waals surface area (Å²) in [5, 5.41) is 68.8. The zero-order valence-electron chi connectivity index (χ0n) is 14.1. The first-order valence-corrected chi connectivity index (χ1v) is 8.31. The molecular weight excluding hydrogens is 340 g/mol. The van der Waals surface area contributed by atoms with Crippen LogP contribution >= 0.6 is 0 Å². The van der Waals surface area contributed by atoms with E-state index in [4.69, 9.17) is 14.2 Å². The van der Waals surface area contributed by atoms with Gasteiger partial charge in [-0.05, 0) is 5.92 Å². The average Bonchev–Trinajstić information content (AvgIpc) is 2.58. The highest BCUT2D eigenvalue weighted by Crippen LogP contribution is 2.31. The Hall–Kier alpha value is -0.400. The predicted molar refractivity (Wildman–Crippen MR) is 81.2 cm³/mol. The number of rotatable bonds is 5. The van der Waals surface area contributed by atoms with Crippen molar-refractivity contribution in [3.05, 3.63) is 0 Å². The van der Waals surface area contributed by atoms with Gasteiger partial charge >= 0.3 is 0 Å². The van der Waals surface area contributed by atoms with Crippen LogP contribution in [0.5, 0.6) is 0 Å². The van der Waals surface area contributed by atoms with Crippen molar-refractivity contribution in [3.8, 4) is 0 Å². The Balaban J connectivity index is 2.14. The number of ether oxygens (including phenoxy) is 3. The van der Waals surface area contributed by atoms with Crippen molar-refractivity contribution in [3.63, 3.8) is 0 Å². The van der Waals surface area contributed by atoms with E-state index in [2.05, 4.69) is 0 Å². The zero-order chi connectivity index (χ0) is 18.9. The molecule has 0 radical (unpaired) electrons. The molecule has 0 amide bonds. The lowest BCUT2D eigenvalue weighted by Crippen LogP contribution is -2.65. The molecule has 2 heterocycles. The number of aliphatic hydroxyl groups excluding tert-OH is 7. The van der Waals surface area contributed by atoms with E-state index < -0.39 is 74.4 Å². The van der Waals surface area contributed by atoms with Crippen LogP contribution in [-0.4, -0.2) is 110 Å². The molecule has 10 atom stereocenters. The van der Waals surface area contributed by atoms with Gasteiger partial charge in [0.2, 0.25) is 0 Å². The normalized spacial score (nSPS) is 48.7. The second kappa shape index (κ2) is 8.53. The first-order chi connectivity index (χ1) is 11.7. The molecule has 148 valence electrons. The third-order valence-corrected chi connectivity index (χ3v) is 4.70. The van der Waals surface area contributed by atoms with E-state index in [-0.39, 0.29) is 5.92 Å². The number of hydrogen-bond acceptors (Lipinski definition) is 10. The van der Waals surface area contributed by atoms with Crippen LogP contribution in [0, 0.1) is 5.92 Å². The number of aliphatic hydroxyl groups is 7. The second-order valence-corrected chi connectivity index (χ2v) is 6.84. The predicted octanol–water partition coefficient (Wildman–Crippen LogP) is -3.69. The second-order valence-electron chi connectivity index (χ2n) is 6.84. The maximum atomic E-state index is 10.4. The Morgan fingerprint density at radius 3 is 1.88 bits per heavy atom. The molecule has 2 aliphatic heterocycles. The van der Waals surface area contributed by atoms with E-state index in [0.29, 0.717) is 0 Å². The Morgan fingerprint density at radius 2 is 1.36 bits per heavy atom. The highest BCUT2D eigenvalue weighted by molar-refractivity contribution is 4.96. The monoisotopic (exact) mass is 368 g/mol. The summed E-state index contributed by atoms with van der Waals surface area (Å²) in [5.74, 6) is -0.132. The van der Waals surface area contributed by atoms with Gasteiger partial charge in [0.25, 0.3) is 0 Å². The van der Waals surface area contributed by atoms with Crippen molar-refractivity contribution < 1.29 is 50.0 Å². The lowest BCUT2D eigenvalue weighted by Gasteiger charge is -2.47. The molecule has 0 aromatic carbocycles. The van der Waals surface area contributed by atoms with Crippen LogP contribution in [0.1, 0.15) is 13.8 Å². The third-order valence-electron chi connectivity index (χ3n) is 4.70. The molecule has 0 aliphatic carbocycles. The lowest BCUT2D eigenvalue weighted by molar-refractivity contribution is -0.343. The van der Waals surface area contributed by atoms with Gasteiger partial charge in [0.15, 0.2) is 6.29 Å². The Morgan fingerprint density at radius 1 is 0.760 bits per heavy atom. The summed E-state index contributed by atoms with van der Waals surface area (Å²) in [6, 6.07) is 0. The molecule has 0 bridgehead atoms. The largest absolute Gasteiger partial charge is 0.394 e. The Kier molecular flexibility index (Phi) is 7.13. The number of hydrogen-bond donors (Lipinski definition) is 7. The molecule has 7 N–H and O–H groups in total. The van der Waals surface area contributed by atoms with Crippen molar-refractivity contribution in [2.24, 2.45) is 5.92 Å². The maximum Gasteiger partial charge on any atom is 0.187 e. The van der Waals surface area contributed by atoms with Gasteiger partial charge in [-0.1, -0.05) is 13.8 Å². The maximum absolute atomic E-state index is 10.4. The van der Waals surface area contributed by atoms with Crippen LogP contribution in [0.15, 0.2) is 0 Å². The molecular formula is C15H28O10. The van der Waals surface area contributed by atoms with E-state index in [1.54, 1.807) is 13.8 Å². The quantitative estimate of drug-likeness (QED) is 0.256. The minimum atomic E-state index is -1.66. The summed E-state index contributed by atoms with van der Waals surface area (Å²) in [6.45, 7) is 2.42. The molecule has 2 saturated heterocycles. The van der Waals surface area contributed by atoms with Gasteiger partial charge in [-0.15, -0.1) is 0 Å². The molecule has 10 heteroatoms. The van der Waals surface area contributed by atoms with Crippen molar-refractivity contribution in [2.75, 3.05) is 13.2 Å². The summed E-state index contributed by atoms with van der Waals surface area (Å²) in [7, 11) is 0. The van der Waals surface area contributed by atoms with Crippen molar-refractivity contribution >= 4 is 0 Å². The first kappa shape index (κ1) is 20.9. The van der Waals surface area contributed by atoms with Crippen molar-refractivity contribution in [1.82, 2.24) is 0 Å². The van der Waals surface area contributed by atoms with E-state index in [1.807, 2.05) is 0 Å². The van der Waals surface area contributed by atoms with Crippen LogP contribution in [0.4, 0.5) is 0 Å². The van der Waals surface area contributed by atoms with Crippen LogP contribution < -0.4 is 0 Å². The van der Waals surface area contributed by atoms with Gasteiger partial charge in [-0.3, -0.25) is 0 Å². The zero-order valence-corrected chi connectivity index (χ0v) is 14.1. The summed E-state index contributed by atoms with van der Waals surface area (Å²) < 4.78 is 16.3. The topological polar surface area (TPSA) is 169 Å². The highest BCUT2D eigenvalue weighted by Gasteiger charge is 2.50. The molecule has 4 unspecified atom stereocenters. The van der Waals surface area contributed by atoms with Gasteiger partial charge in [-0.2, -0.15) is 0 Å². The smallest absolute Gasteiger partial charge is 0.187 e. The van der Waals surface area contributed by atoms with Gasteiger partial charge in [0.05, 0.1) is 19.3 Å². The van der Waals surface area contributed by atoms with Crippen molar-refractivity contribution in [1.29, 1.82) is 0 Å². The van der Waals surface area contributed by atoms with Crippen LogP contribution in [0.2, 0.25) is 0 Å². The Bertz CT molecular complexity index is 417. The van der Waals surface area contributed by atoms with E-state index in [9.17, 15) is 35.7 Å². The first-order valence-electron chi connectivity index (χ1n) is 8.31. The lowest BCUT2D eigenvalue weighted by atomic mass is 9.89. The Labute approximate surface area is 145 Å².